The van der Waals surface area contributed by atoms with Crippen LogP contribution in [0.1, 0.15) is 32.3 Å². The second-order valence-electron chi connectivity index (χ2n) is 8.48. The summed E-state index contributed by atoms with van der Waals surface area (Å²) in [6, 6.07) is 4.20. The molecule has 0 aromatic carbocycles. The number of pyridine rings is 1. The quantitative estimate of drug-likeness (QED) is 0.199. The highest BCUT2D eigenvalue weighted by molar-refractivity contribution is 8.26. The monoisotopic (exact) mass is 559 g/mol. The summed E-state index contributed by atoms with van der Waals surface area (Å²) in [6.07, 6.45) is 3.48. The van der Waals surface area contributed by atoms with E-state index in [1.807, 2.05) is 6.92 Å². The van der Waals surface area contributed by atoms with Crippen LogP contribution in [0.25, 0.3) is 11.7 Å². The Morgan fingerprint density at radius 3 is 2.84 bits per heavy atom. The van der Waals surface area contributed by atoms with Crippen molar-refractivity contribution in [1.29, 1.82) is 0 Å². The summed E-state index contributed by atoms with van der Waals surface area (Å²) < 4.78 is 12.2. The Hall–Kier alpha value is -3.29. The van der Waals surface area contributed by atoms with Gasteiger partial charge in [-0.15, -0.1) is 0 Å². The first-order valence-corrected chi connectivity index (χ1v) is 13.6. The Labute approximate surface area is 229 Å². The number of nitrogens with one attached hydrogen (secondary N) is 1. The number of rotatable bonds is 10. The molecule has 0 bridgehead atoms. The van der Waals surface area contributed by atoms with E-state index < -0.39 is 17.6 Å². The molecule has 4 heterocycles. The van der Waals surface area contributed by atoms with Gasteiger partial charge in [0.2, 0.25) is 5.91 Å². The lowest BCUT2D eigenvalue weighted by atomic mass is 10.1. The molecule has 0 spiro atoms. The minimum atomic E-state index is -0.930. The molecule has 1 N–H and O–H groups in total. The predicted octanol–water partition coefficient (Wildman–Crippen LogP) is 1.58. The van der Waals surface area contributed by atoms with Crippen molar-refractivity contribution in [3.63, 3.8) is 0 Å². The molecule has 2 aliphatic rings. The van der Waals surface area contributed by atoms with Crippen LogP contribution in [0.4, 0.5) is 5.82 Å². The summed E-state index contributed by atoms with van der Waals surface area (Å²) in [6.45, 7) is 5.88. The third kappa shape index (κ3) is 5.89. The van der Waals surface area contributed by atoms with E-state index in [-0.39, 0.29) is 41.1 Å². The first-order valence-electron chi connectivity index (χ1n) is 12.4. The van der Waals surface area contributed by atoms with Gasteiger partial charge in [0, 0.05) is 39.0 Å². The van der Waals surface area contributed by atoms with E-state index in [9.17, 15) is 19.2 Å². The number of carbonyl (C=O) groups excluding carboxylic acids is 3. The lowest BCUT2D eigenvalue weighted by Gasteiger charge is -2.36. The Kier molecular flexibility index (Phi) is 9.13. The number of thiocarbonyl (C=S) groups is 1. The van der Waals surface area contributed by atoms with Crippen LogP contribution >= 0.6 is 24.0 Å². The number of nitrogens with zero attached hydrogens (tertiary/aromatic N) is 4. The molecule has 202 valence electrons. The molecule has 13 heteroatoms. The molecule has 0 radical (unpaired) electrons. The maximum absolute atomic E-state index is 13.7. The number of amides is 2. The molecule has 38 heavy (non-hydrogen) atoms. The highest BCUT2D eigenvalue weighted by atomic mass is 32.2. The number of thioether (sulfide) groups is 1. The van der Waals surface area contributed by atoms with E-state index in [4.69, 9.17) is 26.7 Å². The number of hydrogen-bond donors (Lipinski definition) is 1. The SMILES string of the molecule is CCOCCCN1C(=O)C(=Cc2c(N3CCNC(=O)C3CC(=O)OCC)nc3ccccn3c2=O)SC1=S. The van der Waals surface area contributed by atoms with E-state index in [1.54, 1.807) is 36.2 Å². The first-order chi connectivity index (χ1) is 18.3. The maximum atomic E-state index is 13.7. The summed E-state index contributed by atoms with van der Waals surface area (Å²) in [7, 11) is 0. The normalized spacial score (nSPS) is 18.9. The zero-order valence-electron chi connectivity index (χ0n) is 21.2. The Bertz CT molecular complexity index is 1340. The van der Waals surface area contributed by atoms with Gasteiger partial charge in [0.25, 0.3) is 11.5 Å². The number of fused-ring (bicyclic) bond motifs is 1. The smallest absolute Gasteiger partial charge is 0.308 e. The number of aromatic nitrogens is 2. The fourth-order valence-corrected chi connectivity index (χ4v) is 5.57. The summed E-state index contributed by atoms with van der Waals surface area (Å²) >= 11 is 6.54. The van der Waals surface area contributed by atoms with Crippen LogP contribution in [0.5, 0.6) is 0 Å². The van der Waals surface area contributed by atoms with Crippen LogP contribution in [-0.4, -0.2) is 81.9 Å². The van der Waals surface area contributed by atoms with Crippen LogP contribution in [0.3, 0.4) is 0 Å². The molecule has 0 aliphatic carbocycles. The number of esters is 1. The van der Waals surface area contributed by atoms with Crippen LogP contribution in [0.15, 0.2) is 34.1 Å². The zero-order valence-corrected chi connectivity index (χ0v) is 22.8. The van der Waals surface area contributed by atoms with Crippen LogP contribution < -0.4 is 15.8 Å². The number of hydrogen-bond acceptors (Lipinski definition) is 10. The summed E-state index contributed by atoms with van der Waals surface area (Å²) in [5, 5.41) is 2.76. The molecular weight excluding hydrogens is 530 g/mol. The highest BCUT2D eigenvalue weighted by Crippen LogP contribution is 2.34. The topological polar surface area (TPSA) is 123 Å². The van der Waals surface area contributed by atoms with Crippen LogP contribution in [0, 0.1) is 0 Å². The molecule has 2 fully saturated rings. The van der Waals surface area contributed by atoms with Crippen molar-refractivity contribution >= 4 is 63.6 Å². The molecule has 2 aromatic heterocycles. The van der Waals surface area contributed by atoms with Crippen molar-refractivity contribution in [3.8, 4) is 0 Å². The van der Waals surface area contributed by atoms with E-state index in [1.165, 1.54) is 15.4 Å². The number of ether oxygens (including phenoxy) is 2. The van der Waals surface area contributed by atoms with Gasteiger partial charge in [0.05, 0.1) is 23.5 Å². The molecule has 2 saturated heterocycles. The van der Waals surface area contributed by atoms with Gasteiger partial charge in [0.1, 0.15) is 21.8 Å². The predicted molar refractivity (Wildman–Crippen MR) is 148 cm³/mol. The lowest BCUT2D eigenvalue weighted by molar-refractivity contribution is -0.145. The molecule has 0 saturated carbocycles. The fraction of sp³-hybridized carbons (Fsp3) is 0.440. The highest BCUT2D eigenvalue weighted by Gasteiger charge is 2.36. The van der Waals surface area contributed by atoms with Crippen molar-refractivity contribution in [1.82, 2.24) is 19.6 Å². The second kappa shape index (κ2) is 12.5. The lowest BCUT2D eigenvalue weighted by Crippen LogP contribution is -2.57. The third-order valence-electron chi connectivity index (χ3n) is 6.04. The van der Waals surface area contributed by atoms with Gasteiger partial charge in [-0.2, -0.15) is 0 Å². The third-order valence-corrected chi connectivity index (χ3v) is 7.42. The Morgan fingerprint density at radius 2 is 2.08 bits per heavy atom. The van der Waals surface area contributed by atoms with Gasteiger partial charge in [-0.1, -0.05) is 30.0 Å². The second-order valence-corrected chi connectivity index (χ2v) is 10.2. The van der Waals surface area contributed by atoms with Crippen LogP contribution in [0.2, 0.25) is 0 Å². The van der Waals surface area contributed by atoms with Crippen molar-refractivity contribution in [2.75, 3.05) is 44.4 Å². The molecule has 11 nitrogen and oxygen atoms in total. The van der Waals surface area contributed by atoms with E-state index in [0.29, 0.717) is 49.2 Å². The molecule has 2 amide bonds. The van der Waals surface area contributed by atoms with Gasteiger partial charge in [-0.05, 0) is 38.5 Å². The van der Waals surface area contributed by atoms with Crippen molar-refractivity contribution in [3.05, 3.63) is 45.2 Å². The average Bonchev–Trinajstić information content (AvgIpc) is 3.16. The molecule has 4 rings (SSSR count). The van der Waals surface area contributed by atoms with Gasteiger partial charge >= 0.3 is 5.97 Å². The Morgan fingerprint density at radius 1 is 1.26 bits per heavy atom. The number of carbonyl (C=O) groups is 3. The van der Waals surface area contributed by atoms with E-state index in [2.05, 4.69) is 5.32 Å². The minimum Gasteiger partial charge on any atom is -0.466 e. The molecule has 1 atom stereocenters. The first kappa shape index (κ1) is 27.7. The van der Waals surface area contributed by atoms with Gasteiger partial charge in [0.15, 0.2) is 0 Å². The number of anilines is 1. The van der Waals surface area contributed by atoms with Gasteiger partial charge in [-0.3, -0.25) is 28.5 Å². The standard InChI is InChI=1S/C25H29N5O6S2/c1-3-35-13-7-11-30-24(34)18(38-25(30)37)14-16-21(27-19-8-5-6-10-29(19)23(16)33)28-12-9-26-22(32)17(28)15-20(31)36-4-2/h5-6,8,10,14,17H,3-4,7,9,11-13,15H2,1-2H3,(H,26,32). The number of piperazine rings is 1. The van der Waals surface area contributed by atoms with Crippen LogP contribution in [-0.2, 0) is 23.9 Å². The average molecular weight is 560 g/mol. The molecule has 2 aliphatic heterocycles. The van der Waals surface area contributed by atoms with E-state index >= 15 is 0 Å². The largest absolute Gasteiger partial charge is 0.466 e. The van der Waals surface area contributed by atoms with Gasteiger partial charge < -0.3 is 19.7 Å². The molecule has 1 unspecified atom stereocenters. The molecular formula is C25H29N5O6S2. The minimum absolute atomic E-state index is 0.132. The van der Waals surface area contributed by atoms with Gasteiger partial charge in [-0.25, -0.2) is 4.98 Å². The Balaban J connectivity index is 1.76. The van der Waals surface area contributed by atoms with Crippen molar-refractivity contribution in [2.45, 2.75) is 32.7 Å². The van der Waals surface area contributed by atoms with Crippen molar-refractivity contribution < 1.29 is 23.9 Å². The summed E-state index contributed by atoms with van der Waals surface area (Å²) in [4.78, 5) is 60.2. The maximum Gasteiger partial charge on any atom is 0.308 e. The summed E-state index contributed by atoms with van der Waals surface area (Å²) in [5.41, 5.74) is 0.0918. The molecule has 2 aromatic rings. The zero-order chi connectivity index (χ0) is 27.2. The fourth-order valence-electron chi connectivity index (χ4n) is 4.28. The van der Waals surface area contributed by atoms with Crippen molar-refractivity contribution in [2.24, 2.45) is 0 Å². The summed E-state index contributed by atoms with van der Waals surface area (Å²) in [5.74, 6) is -0.996. The van der Waals surface area contributed by atoms with E-state index in [0.717, 1.165) is 11.8 Å².